The number of nitrogens with zero attached hydrogens (tertiary/aromatic N) is 2. The molecular formula is C19H16F4N4O2. The second-order valence-corrected chi connectivity index (χ2v) is 6.61. The lowest BCUT2D eigenvalue weighted by Gasteiger charge is -2.45. The van der Waals surface area contributed by atoms with Crippen LogP contribution in [-0.2, 0) is 4.79 Å². The zero-order valence-electron chi connectivity index (χ0n) is 14.9. The first-order chi connectivity index (χ1) is 13.9. The van der Waals surface area contributed by atoms with Crippen molar-refractivity contribution in [2.75, 3.05) is 11.5 Å². The number of imidazole rings is 1. The second kappa shape index (κ2) is 7.36. The van der Waals surface area contributed by atoms with Gasteiger partial charge in [-0.15, -0.1) is 0 Å². The molecule has 2 heterocycles. The summed E-state index contributed by atoms with van der Waals surface area (Å²) in [7, 11) is 0. The first kappa shape index (κ1) is 19.2. The van der Waals surface area contributed by atoms with E-state index >= 15 is 0 Å². The Morgan fingerprint density at radius 2 is 1.93 bits per heavy atom. The minimum absolute atomic E-state index is 0.214. The van der Waals surface area contributed by atoms with Crippen molar-refractivity contribution >= 4 is 22.6 Å². The van der Waals surface area contributed by atoms with Gasteiger partial charge in [0.1, 0.15) is 23.4 Å². The maximum Gasteiger partial charge on any atom is 0.247 e. The van der Waals surface area contributed by atoms with Crippen LogP contribution in [0.15, 0.2) is 36.7 Å². The van der Waals surface area contributed by atoms with Gasteiger partial charge in [0.25, 0.3) is 0 Å². The highest BCUT2D eigenvalue weighted by atomic mass is 19.3. The normalized spacial score (nSPS) is 19.1. The van der Waals surface area contributed by atoms with Gasteiger partial charge in [0.15, 0.2) is 0 Å². The summed E-state index contributed by atoms with van der Waals surface area (Å²) in [5, 5.41) is 0. The molecule has 0 radical (unpaired) electrons. The van der Waals surface area contributed by atoms with Crippen molar-refractivity contribution in [1.29, 1.82) is 0 Å². The summed E-state index contributed by atoms with van der Waals surface area (Å²) in [6.45, 7) is -0.381. The Morgan fingerprint density at radius 1 is 1.21 bits per heavy atom. The summed E-state index contributed by atoms with van der Waals surface area (Å²) in [5.41, 5.74) is 7.20. The molecule has 0 spiro atoms. The lowest BCUT2D eigenvalue weighted by Crippen LogP contribution is -2.63. The number of halogens is 4. The van der Waals surface area contributed by atoms with E-state index in [1.54, 1.807) is 18.2 Å². The number of amides is 1. The number of fused-ring (bicyclic) bond motifs is 1. The van der Waals surface area contributed by atoms with E-state index in [4.69, 9.17) is 10.5 Å². The van der Waals surface area contributed by atoms with Gasteiger partial charge >= 0.3 is 0 Å². The predicted molar refractivity (Wildman–Crippen MR) is 96.8 cm³/mol. The molecule has 29 heavy (non-hydrogen) atoms. The number of β-lactam (4-membered cyclic amide) rings is 1. The molecule has 152 valence electrons. The Morgan fingerprint density at radius 3 is 2.62 bits per heavy atom. The van der Waals surface area contributed by atoms with Crippen LogP contribution >= 0.6 is 0 Å². The van der Waals surface area contributed by atoms with Gasteiger partial charge in [-0.25, -0.2) is 22.5 Å². The summed E-state index contributed by atoms with van der Waals surface area (Å²) in [4.78, 5) is 20.5. The number of alkyl halides is 2. The molecule has 0 bridgehead atoms. The summed E-state index contributed by atoms with van der Waals surface area (Å²) in [6, 6.07) is 4.53. The number of hydrogen-bond donors (Lipinski definition) is 2. The van der Waals surface area contributed by atoms with Crippen molar-refractivity contribution in [2.24, 2.45) is 5.73 Å². The Kier molecular flexibility index (Phi) is 4.87. The largest absolute Gasteiger partial charge is 0.493 e. The quantitative estimate of drug-likeness (QED) is 0.484. The molecule has 2 aromatic carbocycles. The third kappa shape index (κ3) is 3.39. The molecule has 10 heteroatoms. The van der Waals surface area contributed by atoms with Crippen LogP contribution < -0.4 is 15.4 Å². The smallest absolute Gasteiger partial charge is 0.247 e. The van der Waals surface area contributed by atoms with Crippen molar-refractivity contribution in [3.05, 3.63) is 53.9 Å². The molecule has 2 atom stereocenters. The third-order valence-electron chi connectivity index (χ3n) is 4.78. The molecule has 4 rings (SSSR count). The predicted octanol–water partition coefficient (Wildman–Crippen LogP) is 3.29. The Bertz CT molecular complexity index is 1050. The molecule has 3 N–H and O–H groups in total. The minimum Gasteiger partial charge on any atom is -0.493 e. The lowest BCUT2D eigenvalue weighted by molar-refractivity contribution is -0.126. The van der Waals surface area contributed by atoms with Crippen LogP contribution in [-0.4, -0.2) is 34.9 Å². The standard InChI is InChI=1S/C19H16F4N4O2/c20-11-6-10(29-4-3-15(22)23)7-12(21)16(11)18-17(24)19(28)27(18)9-1-2-13-14(5-9)26-8-25-13/h1-2,5-8,15,17-18H,3-4,24H2,(H,25,26). The number of aromatic amines is 1. The van der Waals surface area contributed by atoms with Crippen molar-refractivity contribution < 1.29 is 27.1 Å². The number of nitrogens with two attached hydrogens (primary N) is 1. The molecule has 1 aromatic heterocycles. The van der Waals surface area contributed by atoms with E-state index in [2.05, 4.69) is 9.97 Å². The van der Waals surface area contributed by atoms with Crippen LogP contribution in [0.2, 0.25) is 0 Å². The molecule has 0 aliphatic carbocycles. The van der Waals surface area contributed by atoms with Crippen LogP contribution in [0.25, 0.3) is 11.0 Å². The average Bonchev–Trinajstić information content (AvgIpc) is 3.14. The Labute approximate surface area is 162 Å². The summed E-state index contributed by atoms with van der Waals surface area (Å²) in [6.07, 6.45) is -1.65. The fourth-order valence-electron chi connectivity index (χ4n) is 3.37. The highest BCUT2D eigenvalue weighted by molar-refractivity contribution is 6.06. The van der Waals surface area contributed by atoms with E-state index in [9.17, 15) is 22.4 Å². The molecule has 2 unspecified atom stereocenters. The number of carbonyl (C=O) groups is 1. The van der Waals surface area contributed by atoms with Gasteiger partial charge in [-0.05, 0) is 18.2 Å². The first-order valence-electron chi connectivity index (χ1n) is 8.78. The fourth-order valence-corrected chi connectivity index (χ4v) is 3.37. The number of ether oxygens (including phenoxy) is 1. The molecule has 1 amide bonds. The lowest BCUT2D eigenvalue weighted by atomic mass is 9.87. The highest BCUT2D eigenvalue weighted by Crippen LogP contribution is 2.41. The number of H-pyrrole nitrogens is 1. The van der Waals surface area contributed by atoms with Crippen molar-refractivity contribution in [1.82, 2.24) is 9.97 Å². The maximum atomic E-state index is 14.7. The van der Waals surface area contributed by atoms with Crippen LogP contribution in [0.4, 0.5) is 23.2 Å². The zero-order chi connectivity index (χ0) is 20.7. The number of benzene rings is 2. The van der Waals surface area contributed by atoms with Crippen molar-refractivity contribution in [3.63, 3.8) is 0 Å². The Hall–Kier alpha value is -3.14. The maximum absolute atomic E-state index is 14.7. The van der Waals surface area contributed by atoms with E-state index in [0.29, 0.717) is 16.7 Å². The van der Waals surface area contributed by atoms with E-state index in [0.717, 1.165) is 12.1 Å². The van der Waals surface area contributed by atoms with Crippen molar-refractivity contribution in [2.45, 2.75) is 24.9 Å². The topological polar surface area (TPSA) is 84.2 Å². The van der Waals surface area contributed by atoms with Gasteiger partial charge in [0.2, 0.25) is 12.3 Å². The van der Waals surface area contributed by atoms with Gasteiger partial charge in [0.05, 0.1) is 30.0 Å². The van der Waals surface area contributed by atoms with Gasteiger partial charge < -0.3 is 20.4 Å². The van der Waals surface area contributed by atoms with Crippen molar-refractivity contribution in [3.8, 4) is 5.75 Å². The summed E-state index contributed by atoms with van der Waals surface area (Å²) < 4.78 is 58.7. The molecule has 3 aromatic rings. The molecule has 1 aliphatic heterocycles. The summed E-state index contributed by atoms with van der Waals surface area (Å²) in [5.74, 6) is -2.64. The van der Waals surface area contributed by atoms with E-state index < -0.39 is 42.5 Å². The van der Waals surface area contributed by atoms with Gasteiger partial charge in [-0.2, -0.15) is 0 Å². The van der Waals surface area contributed by atoms with E-state index in [1.807, 2.05) is 0 Å². The first-order valence-corrected chi connectivity index (χ1v) is 8.78. The summed E-state index contributed by atoms with van der Waals surface area (Å²) >= 11 is 0. The van der Waals surface area contributed by atoms with Gasteiger partial charge in [-0.1, -0.05) is 0 Å². The number of aromatic nitrogens is 2. The molecule has 1 aliphatic rings. The molecule has 0 saturated carbocycles. The molecule has 1 saturated heterocycles. The highest BCUT2D eigenvalue weighted by Gasteiger charge is 2.49. The van der Waals surface area contributed by atoms with Crippen LogP contribution in [0.3, 0.4) is 0 Å². The minimum atomic E-state index is -2.58. The Balaban J connectivity index is 1.64. The average molecular weight is 408 g/mol. The van der Waals surface area contributed by atoms with E-state index in [1.165, 1.54) is 11.2 Å². The van der Waals surface area contributed by atoms with Gasteiger partial charge in [-0.3, -0.25) is 4.79 Å². The monoisotopic (exact) mass is 408 g/mol. The number of hydrogen-bond acceptors (Lipinski definition) is 4. The molecule has 6 nitrogen and oxygen atoms in total. The SMILES string of the molecule is NC1C(=O)N(c2ccc3nc[nH]c3c2)C1c1c(F)cc(OCCC(F)F)cc1F. The van der Waals surface area contributed by atoms with Gasteiger partial charge in [0, 0.05) is 29.8 Å². The second-order valence-electron chi connectivity index (χ2n) is 6.61. The molecular weight excluding hydrogens is 392 g/mol. The third-order valence-corrected chi connectivity index (χ3v) is 4.78. The number of nitrogens with one attached hydrogen (secondary N) is 1. The van der Waals surface area contributed by atoms with Crippen LogP contribution in [0, 0.1) is 11.6 Å². The fraction of sp³-hybridized carbons (Fsp3) is 0.263. The zero-order valence-corrected chi connectivity index (χ0v) is 14.9. The van der Waals surface area contributed by atoms with E-state index in [-0.39, 0.29) is 17.9 Å². The van der Waals surface area contributed by atoms with Crippen LogP contribution in [0.1, 0.15) is 18.0 Å². The number of anilines is 1. The number of rotatable bonds is 6. The molecule has 1 fully saturated rings. The van der Waals surface area contributed by atoms with Crippen LogP contribution in [0.5, 0.6) is 5.75 Å². The number of carbonyl (C=O) groups excluding carboxylic acids is 1.